The average Bonchev–Trinajstić information content (AvgIpc) is 3.33. The Kier molecular flexibility index (Phi) is 15.6. The molecule has 5 aliphatic carbocycles. The summed E-state index contributed by atoms with van der Waals surface area (Å²) in [5.41, 5.74) is -5.49. The molecular weight excluding hydrogens is 945 g/mol. The third-order valence-corrected chi connectivity index (χ3v) is 19.5. The van der Waals surface area contributed by atoms with Gasteiger partial charge in [-0.15, -0.1) is 0 Å². The van der Waals surface area contributed by atoms with Crippen molar-refractivity contribution in [2.75, 3.05) is 20.3 Å². The van der Waals surface area contributed by atoms with Crippen LogP contribution in [0.4, 0.5) is 0 Å². The molecule has 0 spiro atoms. The molecule has 0 amide bonds. The molecule has 2 heterocycles. The zero-order valence-corrected chi connectivity index (χ0v) is 43.2. The van der Waals surface area contributed by atoms with Crippen molar-refractivity contribution in [3.8, 4) is 0 Å². The first kappa shape index (κ1) is 56.3. The molecule has 2 aliphatic heterocycles. The number of carboxylic acid groups (broad SMARTS) is 1. The van der Waals surface area contributed by atoms with E-state index in [4.69, 9.17) is 33.2 Å². The summed E-state index contributed by atoms with van der Waals surface area (Å²) in [7, 11) is 1.24. The van der Waals surface area contributed by atoms with Gasteiger partial charge in [-0.1, -0.05) is 58.4 Å². The van der Waals surface area contributed by atoms with Crippen molar-refractivity contribution in [2.45, 2.75) is 194 Å². The number of allylic oxidation sites excluding steroid dienone is 3. The summed E-state index contributed by atoms with van der Waals surface area (Å²) in [6.45, 7) is 16.9. The highest BCUT2D eigenvalue weighted by atomic mass is 16.7. The van der Waals surface area contributed by atoms with E-state index >= 15 is 0 Å². The molecule has 7 aliphatic rings. The number of aliphatic hydroxyl groups is 8. The molecule has 0 bridgehead atoms. The predicted octanol–water partition coefficient (Wildman–Crippen LogP) is 1.59. The van der Waals surface area contributed by atoms with Crippen LogP contribution in [0.15, 0.2) is 34.9 Å². The summed E-state index contributed by atoms with van der Waals surface area (Å²) >= 11 is 0. The summed E-state index contributed by atoms with van der Waals surface area (Å²) < 4.78 is 41.3. The summed E-state index contributed by atoms with van der Waals surface area (Å²) in [6.07, 6.45) is -16.1. The average molecular weight is 1020 g/mol. The van der Waals surface area contributed by atoms with Crippen LogP contribution in [0.2, 0.25) is 0 Å². The molecule has 0 radical (unpaired) electrons. The van der Waals surface area contributed by atoms with E-state index in [9.17, 15) is 65.1 Å². The summed E-state index contributed by atoms with van der Waals surface area (Å²) in [6, 6.07) is 0. The molecular formula is C52H78O20. The molecule has 20 heteroatoms. The van der Waals surface area contributed by atoms with E-state index in [0.717, 1.165) is 5.57 Å². The number of esters is 3. The van der Waals surface area contributed by atoms with Gasteiger partial charge in [0.15, 0.2) is 24.8 Å². The molecule has 22 atom stereocenters. The van der Waals surface area contributed by atoms with Crippen molar-refractivity contribution < 1.29 is 98.3 Å². The Hall–Kier alpha value is -3.38. The maximum absolute atomic E-state index is 14.5. The SMILES string of the molecule is C/C=C(/C)C(=O)OC1C(OC(=O)/C(C)=C\C)C2(CO)C(CC1(C)C)C1=CCC3C4(C)CCC(OC5OC(C(=O)O)C(O)C(OC6OCC(O)C(O)C6O)C5O)C(C)(C(=O)OC)C4CCC3(C)C1(C)C(O)C2O. The van der Waals surface area contributed by atoms with Crippen LogP contribution in [0.5, 0.6) is 0 Å². The molecule has 2 saturated heterocycles. The van der Waals surface area contributed by atoms with Gasteiger partial charge in [-0.2, -0.15) is 0 Å². The lowest BCUT2D eigenvalue weighted by atomic mass is 9.32. The van der Waals surface area contributed by atoms with Gasteiger partial charge in [0.25, 0.3) is 0 Å². The van der Waals surface area contributed by atoms with E-state index in [-0.39, 0.29) is 24.3 Å². The fraction of sp³-hybridized carbons (Fsp3) is 0.808. The first-order chi connectivity index (χ1) is 33.5. The summed E-state index contributed by atoms with van der Waals surface area (Å²) in [4.78, 5) is 54.3. The fourth-order valence-corrected chi connectivity index (χ4v) is 14.8. The first-order valence-electron chi connectivity index (χ1n) is 25.2. The quantitative estimate of drug-likeness (QED) is 0.0467. The Morgan fingerprint density at radius 3 is 1.94 bits per heavy atom. The van der Waals surface area contributed by atoms with Crippen LogP contribution in [0.3, 0.4) is 0 Å². The molecule has 4 saturated carbocycles. The standard InChI is InChI=1S/C52H78O20/c1-12-23(3)42(63)71-39-40(72-43(64)24(4)13-2)52(22-53)26(20-47(39,5)6)25-14-15-28-48(7)18-17-30(50(9,46(65)66-11)29(48)16-19-49(28,8)51(25,10)37(59)38(52)60)68-45-34(58)35(33(57)36(70-45)41(61)62)69-44-32(56)31(55)27(54)21-67-44/h12-14,26-40,44-45,53-60H,15-22H2,1-11H3,(H,61,62)/b23-12-,24-13-. The number of aliphatic hydroxyl groups excluding tert-OH is 8. The van der Waals surface area contributed by atoms with Gasteiger partial charge in [0, 0.05) is 22.0 Å². The fourth-order valence-electron chi connectivity index (χ4n) is 14.8. The number of rotatable bonds is 11. The van der Waals surface area contributed by atoms with Crippen LogP contribution >= 0.6 is 0 Å². The smallest absolute Gasteiger partial charge is 0.335 e. The van der Waals surface area contributed by atoms with E-state index in [1.807, 2.05) is 20.8 Å². The molecule has 9 N–H and O–H groups in total. The Labute approximate surface area is 420 Å². The van der Waals surface area contributed by atoms with Crippen LogP contribution in [0, 0.1) is 50.2 Å². The minimum atomic E-state index is -2.04. The highest BCUT2D eigenvalue weighted by Crippen LogP contribution is 2.76. The maximum atomic E-state index is 14.5. The Morgan fingerprint density at radius 2 is 1.38 bits per heavy atom. The number of carbonyl (C=O) groups is 4. The van der Waals surface area contributed by atoms with Crippen molar-refractivity contribution in [1.29, 1.82) is 0 Å². The van der Waals surface area contributed by atoms with Gasteiger partial charge in [-0.3, -0.25) is 4.79 Å². The van der Waals surface area contributed by atoms with E-state index in [2.05, 4.69) is 19.9 Å². The summed E-state index contributed by atoms with van der Waals surface area (Å²) in [5.74, 6) is -5.15. The number of hydrogen-bond acceptors (Lipinski definition) is 19. The van der Waals surface area contributed by atoms with Crippen LogP contribution in [-0.2, 0) is 52.3 Å². The van der Waals surface area contributed by atoms with E-state index in [1.54, 1.807) is 46.8 Å². The van der Waals surface area contributed by atoms with Gasteiger partial charge >= 0.3 is 23.9 Å². The lowest BCUT2D eigenvalue weighted by molar-refractivity contribution is -0.357. The lowest BCUT2D eigenvalue weighted by Crippen LogP contribution is -2.76. The number of fused-ring (bicyclic) bond motifs is 7. The van der Waals surface area contributed by atoms with Crippen LogP contribution in [0.25, 0.3) is 0 Å². The maximum Gasteiger partial charge on any atom is 0.335 e. The molecule has 0 aromatic carbocycles. The molecule has 72 heavy (non-hydrogen) atoms. The van der Waals surface area contributed by atoms with Gasteiger partial charge in [0.1, 0.15) is 42.7 Å². The van der Waals surface area contributed by atoms with E-state index in [1.165, 1.54) is 7.11 Å². The van der Waals surface area contributed by atoms with Crippen molar-refractivity contribution >= 4 is 23.9 Å². The number of aliphatic carboxylic acids is 1. The number of carbonyl (C=O) groups excluding carboxylic acids is 3. The molecule has 20 nitrogen and oxygen atoms in total. The van der Waals surface area contributed by atoms with Gasteiger partial charge < -0.3 is 79.1 Å². The van der Waals surface area contributed by atoms with Gasteiger partial charge in [0.2, 0.25) is 0 Å². The molecule has 406 valence electrons. The van der Waals surface area contributed by atoms with Gasteiger partial charge in [0.05, 0.1) is 49.5 Å². The summed E-state index contributed by atoms with van der Waals surface area (Å²) in [5, 5.41) is 101. The highest BCUT2D eigenvalue weighted by molar-refractivity contribution is 5.89. The Balaban J connectivity index is 1.25. The molecule has 7 rings (SSSR count). The van der Waals surface area contributed by atoms with Crippen LogP contribution in [-0.4, -0.2) is 176 Å². The second kappa shape index (κ2) is 20.0. The first-order valence-corrected chi connectivity index (χ1v) is 25.2. The van der Waals surface area contributed by atoms with Gasteiger partial charge in [-0.25, -0.2) is 14.4 Å². The third kappa shape index (κ3) is 8.33. The van der Waals surface area contributed by atoms with Crippen LogP contribution in [0.1, 0.15) is 108 Å². The van der Waals surface area contributed by atoms with Crippen LogP contribution < -0.4 is 0 Å². The van der Waals surface area contributed by atoms with E-state index < -0.39 is 167 Å². The van der Waals surface area contributed by atoms with Crippen molar-refractivity contribution in [3.63, 3.8) is 0 Å². The number of methoxy groups -OCH3 is 1. The number of hydrogen-bond donors (Lipinski definition) is 9. The predicted molar refractivity (Wildman–Crippen MR) is 250 cm³/mol. The molecule has 6 fully saturated rings. The Morgan fingerprint density at radius 1 is 0.764 bits per heavy atom. The molecule has 22 unspecified atom stereocenters. The van der Waals surface area contributed by atoms with Crippen molar-refractivity contribution in [2.24, 2.45) is 50.2 Å². The van der Waals surface area contributed by atoms with Crippen molar-refractivity contribution in [1.82, 2.24) is 0 Å². The Bertz CT molecular complexity index is 2190. The third-order valence-electron chi connectivity index (χ3n) is 19.5. The topological polar surface area (TPSA) is 315 Å². The minimum Gasteiger partial charge on any atom is -0.479 e. The number of ether oxygens (including phenoxy) is 7. The highest BCUT2D eigenvalue weighted by Gasteiger charge is 2.77. The zero-order valence-electron chi connectivity index (χ0n) is 43.2. The van der Waals surface area contributed by atoms with Gasteiger partial charge in [-0.05, 0) is 102 Å². The van der Waals surface area contributed by atoms with E-state index in [0.29, 0.717) is 31.3 Å². The zero-order chi connectivity index (χ0) is 53.6. The monoisotopic (exact) mass is 1020 g/mol. The van der Waals surface area contributed by atoms with Crippen molar-refractivity contribution in [3.05, 3.63) is 34.9 Å². The normalized spacial score (nSPS) is 48.1. The molecule has 0 aromatic rings. The second-order valence-corrected chi connectivity index (χ2v) is 23.2. The number of carboxylic acids is 1. The lowest BCUT2D eigenvalue weighted by Gasteiger charge is -2.73. The minimum absolute atomic E-state index is 0.145. The molecule has 0 aromatic heterocycles. The second-order valence-electron chi connectivity index (χ2n) is 23.2. The largest absolute Gasteiger partial charge is 0.479 e.